The lowest BCUT2D eigenvalue weighted by Gasteiger charge is -2.38. The molecule has 1 aromatic carbocycles. The Kier molecular flexibility index (Phi) is 4.03. The maximum Gasteiger partial charge on any atom is 0.264 e. The molecule has 1 aliphatic carbocycles. The molecule has 1 aliphatic heterocycles. The van der Waals surface area contributed by atoms with Gasteiger partial charge in [0.05, 0.1) is 12.2 Å². The smallest absolute Gasteiger partial charge is 0.264 e. The van der Waals surface area contributed by atoms with Crippen LogP contribution in [0.25, 0.3) is 0 Å². The standard InChI is InChI=1S/C19H19NO5/c21-14-8-3-1-6-12(14)17-13-7-2-4-9-15(13)25-19(18(17)20(22)23)16-10-5-11-24-16/h2,4-5,7,9-12,17-19H,1,3,6,8H2/t12-,17-,18+,19+/m0/s1. The second kappa shape index (κ2) is 6.35. The molecule has 1 fully saturated rings. The van der Waals surface area contributed by atoms with Gasteiger partial charge in [-0.2, -0.15) is 0 Å². The molecule has 0 N–H and O–H groups in total. The zero-order chi connectivity index (χ0) is 17.4. The summed E-state index contributed by atoms with van der Waals surface area (Å²) in [5.41, 5.74) is 0.757. The van der Waals surface area contributed by atoms with Gasteiger partial charge < -0.3 is 9.15 Å². The number of furan rings is 1. The molecule has 0 saturated heterocycles. The van der Waals surface area contributed by atoms with Crippen LogP contribution in [0.15, 0.2) is 47.1 Å². The van der Waals surface area contributed by atoms with E-state index in [2.05, 4.69) is 0 Å². The lowest BCUT2D eigenvalue weighted by atomic mass is 9.70. The molecule has 6 nitrogen and oxygen atoms in total. The van der Waals surface area contributed by atoms with E-state index in [1.165, 1.54) is 6.26 Å². The highest BCUT2D eigenvalue weighted by Crippen LogP contribution is 2.49. The Morgan fingerprint density at radius 2 is 1.96 bits per heavy atom. The molecule has 2 aromatic rings. The third-order valence-corrected chi connectivity index (χ3v) is 5.31. The van der Waals surface area contributed by atoms with Gasteiger partial charge in [0.2, 0.25) is 6.10 Å². The Bertz CT molecular complexity index is 785. The minimum Gasteiger partial charge on any atom is -0.475 e. The molecule has 4 atom stereocenters. The second-order valence-electron chi connectivity index (χ2n) is 6.71. The summed E-state index contributed by atoms with van der Waals surface area (Å²) >= 11 is 0. The molecule has 0 bridgehead atoms. The average Bonchev–Trinajstić information content (AvgIpc) is 3.15. The van der Waals surface area contributed by atoms with Crippen molar-refractivity contribution in [2.24, 2.45) is 5.92 Å². The van der Waals surface area contributed by atoms with E-state index in [1.807, 2.05) is 24.3 Å². The lowest BCUT2D eigenvalue weighted by Crippen LogP contribution is -2.45. The van der Waals surface area contributed by atoms with Crippen LogP contribution < -0.4 is 4.74 Å². The number of para-hydroxylation sites is 1. The van der Waals surface area contributed by atoms with Crippen LogP contribution in [-0.2, 0) is 4.79 Å². The number of nitro groups is 1. The van der Waals surface area contributed by atoms with E-state index < -0.39 is 18.1 Å². The van der Waals surface area contributed by atoms with Gasteiger partial charge in [0.15, 0.2) is 5.76 Å². The molecule has 6 heteroatoms. The van der Waals surface area contributed by atoms with E-state index in [0.717, 1.165) is 18.4 Å². The number of rotatable bonds is 3. The molecule has 1 aromatic heterocycles. The minimum atomic E-state index is -1.05. The first-order valence-electron chi connectivity index (χ1n) is 8.62. The number of benzene rings is 1. The number of hydrogen-bond acceptors (Lipinski definition) is 5. The fourth-order valence-electron chi connectivity index (χ4n) is 4.21. The number of carbonyl (C=O) groups excluding carboxylic acids is 1. The van der Waals surface area contributed by atoms with Crippen molar-refractivity contribution in [3.63, 3.8) is 0 Å². The Hall–Kier alpha value is -2.63. The minimum absolute atomic E-state index is 0.123. The number of hydrogen-bond donors (Lipinski definition) is 0. The summed E-state index contributed by atoms with van der Waals surface area (Å²) in [7, 11) is 0. The predicted molar refractivity (Wildman–Crippen MR) is 89.0 cm³/mol. The van der Waals surface area contributed by atoms with Crippen LogP contribution in [0.2, 0.25) is 0 Å². The number of Topliss-reactive ketones (excluding diaryl/α,β-unsaturated/α-hetero) is 1. The largest absolute Gasteiger partial charge is 0.475 e. The van der Waals surface area contributed by atoms with Gasteiger partial charge in [-0.1, -0.05) is 24.6 Å². The highest BCUT2D eigenvalue weighted by atomic mass is 16.6. The average molecular weight is 341 g/mol. The zero-order valence-corrected chi connectivity index (χ0v) is 13.7. The molecule has 2 aliphatic rings. The van der Waals surface area contributed by atoms with Crippen molar-refractivity contribution in [3.05, 3.63) is 64.1 Å². The van der Waals surface area contributed by atoms with Gasteiger partial charge in [-0.3, -0.25) is 14.9 Å². The molecular formula is C19H19NO5. The molecular weight excluding hydrogens is 322 g/mol. The zero-order valence-electron chi connectivity index (χ0n) is 13.7. The first-order chi connectivity index (χ1) is 12.2. The van der Waals surface area contributed by atoms with Crippen molar-refractivity contribution in [2.45, 2.75) is 43.7 Å². The number of ether oxygens (including phenoxy) is 1. The normalized spacial score (nSPS) is 28.9. The summed E-state index contributed by atoms with van der Waals surface area (Å²) in [5.74, 6) is 0.308. The first kappa shape index (κ1) is 15.9. The van der Waals surface area contributed by atoms with Gasteiger partial charge in [-0.05, 0) is 31.0 Å². The van der Waals surface area contributed by atoms with Gasteiger partial charge in [0.1, 0.15) is 11.5 Å². The van der Waals surface area contributed by atoms with E-state index in [9.17, 15) is 14.9 Å². The Balaban J connectivity index is 1.84. The van der Waals surface area contributed by atoms with Crippen LogP contribution in [0, 0.1) is 16.0 Å². The number of carbonyl (C=O) groups is 1. The van der Waals surface area contributed by atoms with Crippen molar-refractivity contribution in [1.82, 2.24) is 0 Å². The maximum atomic E-state index is 12.6. The SMILES string of the molecule is O=C1CCCC[C@@H]1[C@H]1c2ccccc2O[C@H](c2ccco2)[C@@H]1[N+](=O)[O-]. The summed E-state index contributed by atoms with van der Waals surface area (Å²) < 4.78 is 11.4. The highest BCUT2D eigenvalue weighted by molar-refractivity contribution is 5.83. The Labute approximate surface area is 144 Å². The first-order valence-corrected chi connectivity index (χ1v) is 8.62. The fraction of sp³-hybridized carbons (Fsp3) is 0.421. The van der Waals surface area contributed by atoms with Gasteiger partial charge >= 0.3 is 0 Å². The van der Waals surface area contributed by atoms with E-state index in [-0.39, 0.29) is 16.6 Å². The van der Waals surface area contributed by atoms with Crippen molar-refractivity contribution in [3.8, 4) is 5.75 Å². The van der Waals surface area contributed by atoms with Gasteiger partial charge in [-0.15, -0.1) is 0 Å². The van der Waals surface area contributed by atoms with Crippen LogP contribution in [-0.4, -0.2) is 16.7 Å². The van der Waals surface area contributed by atoms with Gasteiger partial charge in [-0.25, -0.2) is 0 Å². The van der Waals surface area contributed by atoms with Crippen molar-refractivity contribution in [2.75, 3.05) is 0 Å². The highest BCUT2D eigenvalue weighted by Gasteiger charge is 2.53. The van der Waals surface area contributed by atoms with Gasteiger partial charge in [0.25, 0.3) is 6.04 Å². The van der Waals surface area contributed by atoms with Crippen LogP contribution in [0.5, 0.6) is 5.75 Å². The van der Waals surface area contributed by atoms with E-state index in [0.29, 0.717) is 24.4 Å². The third-order valence-electron chi connectivity index (χ3n) is 5.31. The van der Waals surface area contributed by atoms with Crippen LogP contribution in [0.3, 0.4) is 0 Å². The summed E-state index contributed by atoms with van der Waals surface area (Å²) in [5, 5.41) is 12.0. The number of fused-ring (bicyclic) bond motifs is 1. The van der Waals surface area contributed by atoms with Crippen molar-refractivity contribution in [1.29, 1.82) is 0 Å². The molecule has 130 valence electrons. The molecule has 0 spiro atoms. The monoisotopic (exact) mass is 341 g/mol. The molecule has 0 amide bonds. The topological polar surface area (TPSA) is 82.6 Å². The summed E-state index contributed by atoms with van der Waals surface area (Å²) in [6.45, 7) is 0. The Morgan fingerprint density at radius 1 is 1.12 bits per heavy atom. The Morgan fingerprint density at radius 3 is 2.68 bits per heavy atom. The lowest BCUT2D eigenvalue weighted by molar-refractivity contribution is -0.542. The molecule has 25 heavy (non-hydrogen) atoms. The second-order valence-corrected chi connectivity index (χ2v) is 6.71. The molecule has 0 unspecified atom stereocenters. The molecule has 1 saturated carbocycles. The fourth-order valence-corrected chi connectivity index (χ4v) is 4.21. The quantitative estimate of drug-likeness (QED) is 0.624. The number of nitrogens with zero attached hydrogens (tertiary/aromatic N) is 1. The summed E-state index contributed by atoms with van der Waals surface area (Å²) in [6.07, 6.45) is 3.63. The van der Waals surface area contributed by atoms with E-state index in [1.54, 1.807) is 12.1 Å². The van der Waals surface area contributed by atoms with Gasteiger partial charge in [0, 0.05) is 22.8 Å². The number of ketones is 1. The summed E-state index contributed by atoms with van der Waals surface area (Å²) in [4.78, 5) is 24.3. The van der Waals surface area contributed by atoms with Crippen LogP contribution in [0.4, 0.5) is 0 Å². The third kappa shape index (κ3) is 2.71. The van der Waals surface area contributed by atoms with Crippen molar-refractivity contribution >= 4 is 5.78 Å². The predicted octanol–water partition coefficient (Wildman–Crippen LogP) is 3.90. The van der Waals surface area contributed by atoms with Crippen LogP contribution >= 0.6 is 0 Å². The van der Waals surface area contributed by atoms with Crippen LogP contribution in [0.1, 0.15) is 49.0 Å². The maximum absolute atomic E-state index is 12.6. The molecule has 4 rings (SSSR count). The van der Waals surface area contributed by atoms with E-state index in [4.69, 9.17) is 9.15 Å². The summed E-state index contributed by atoms with van der Waals surface area (Å²) in [6, 6.07) is 9.66. The molecule has 2 heterocycles. The van der Waals surface area contributed by atoms with Crippen molar-refractivity contribution < 1.29 is 18.9 Å². The molecule has 0 radical (unpaired) electrons. The van der Waals surface area contributed by atoms with E-state index >= 15 is 0 Å².